The van der Waals surface area contributed by atoms with Crippen molar-refractivity contribution in [2.45, 2.75) is 13.0 Å². The van der Waals surface area contributed by atoms with Crippen LogP contribution in [0.15, 0.2) is 49.6 Å². The van der Waals surface area contributed by atoms with E-state index in [0.717, 1.165) is 0 Å². The Balaban J connectivity index is 1.78. The number of nitrogens with zero attached hydrogens (tertiary/aromatic N) is 3. The van der Waals surface area contributed by atoms with Crippen LogP contribution in [0.25, 0.3) is 0 Å². The lowest BCUT2D eigenvalue weighted by Gasteiger charge is -2.08. The van der Waals surface area contributed by atoms with E-state index in [1.165, 1.54) is 6.33 Å². The summed E-state index contributed by atoms with van der Waals surface area (Å²) in [5.74, 6) is -0.120. The van der Waals surface area contributed by atoms with Gasteiger partial charge in [-0.05, 0) is 24.3 Å². The SMILES string of the molecule is C=CCNC(=O)Nc1ccc(NC(=O)CCn2cncn2)cc1. The van der Waals surface area contributed by atoms with Crippen molar-refractivity contribution in [1.82, 2.24) is 20.1 Å². The van der Waals surface area contributed by atoms with E-state index in [1.54, 1.807) is 41.4 Å². The van der Waals surface area contributed by atoms with Crippen molar-refractivity contribution in [3.63, 3.8) is 0 Å². The van der Waals surface area contributed by atoms with Gasteiger partial charge in [0.05, 0.1) is 6.54 Å². The van der Waals surface area contributed by atoms with Crippen LogP contribution in [0.1, 0.15) is 6.42 Å². The number of aromatic nitrogens is 3. The maximum absolute atomic E-state index is 11.8. The third kappa shape index (κ3) is 5.62. The molecule has 0 aliphatic heterocycles. The number of carbonyl (C=O) groups is 2. The lowest BCUT2D eigenvalue weighted by molar-refractivity contribution is -0.116. The van der Waals surface area contributed by atoms with Gasteiger partial charge in [-0.15, -0.1) is 6.58 Å². The van der Waals surface area contributed by atoms with Crippen molar-refractivity contribution < 1.29 is 9.59 Å². The zero-order chi connectivity index (χ0) is 16.5. The van der Waals surface area contributed by atoms with Crippen LogP contribution in [0.3, 0.4) is 0 Å². The molecular formula is C15H18N6O2. The van der Waals surface area contributed by atoms with Gasteiger partial charge >= 0.3 is 6.03 Å². The molecule has 0 saturated heterocycles. The fourth-order valence-electron chi connectivity index (χ4n) is 1.76. The highest BCUT2D eigenvalue weighted by atomic mass is 16.2. The molecule has 2 aromatic rings. The van der Waals surface area contributed by atoms with Crippen LogP contribution in [0, 0.1) is 0 Å². The lowest BCUT2D eigenvalue weighted by atomic mass is 10.2. The highest BCUT2D eigenvalue weighted by molar-refractivity contribution is 5.92. The first-order valence-corrected chi connectivity index (χ1v) is 7.05. The molecule has 0 unspecified atom stereocenters. The summed E-state index contributed by atoms with van der Waals surface area (Å²) in [5.41, 5.74) is 1.29. The maximum Gasteiger partial charge on any atom is 0.319 e. The molecule has 0 saturated carbocycles. The molecule has 0 aliphatic carbocycles. The van der Waals surface area contributed by atoms with Crippen LogP contribution >= 0.6 is 0 Å². The Morgan fingerprint density at radius 3 is 2.48 bits per heavy atom. The minimum atomic E-state index is -0.311. The quantitative estimate of drug-likeness (QED) is 0.676. The number of benzene rings is 1. The molecule has 8 heteroatoms. The highest BCUT2D eigenvalue weighted by Gasteiger charge is 2.04. The first kappa shape index (κ1) is 16.2. The third-order valence-electron chi connectivity index (χ3n) is 2.87. The van der Waals surface area contributed by atoms with Crippen LogP contribution in [0.4, 0.5) is 16.2 Å². The van der Waals surface area contributed by atoms with Gasteiger partial charge in [0, 0.05) is 24.3 Å². The monoisotopic (exact) mass is 314 g/mol. The van der Waals surface area contributed by atoms with E-state index in [-0.39, 0.29) is 11.9 Å². The Labute approximate surface area is 133 Å². The summed E-state index contributed by atoms with van der Waals surface area (Å²) in [6.07, 6.45) is 4.88. The molecule has 1 aromatic heterocycles. The molecule has 2 rings (SSSR count). The number of aryl methyl sites for hydroxylation is 1. The number of rotatable bonds is 7. The summed E-state index contributed by atoms with van der Waals surface area (Å²) in [7, 11) is 0. The molecule has 23 heavy (non-hydrogen) atoms. The van der Waals surface area contributed by atoms with Gasteiger partial charge in [0.15, 0.2) is 0 Å². The number of hydrogen-bond acceptors (Lipinski definition) is 4. The predicted molar refractivity (Wildman–Crippen MR) is 86.9 cm³/mol. The van der Waals surface area contributed by atoms with Crippen molar-refractivity contribution in [3.05, 3.63) is 49.6 Å². The second-order valence-electron chi connectivity index (χ2n) is 4.66. The van der Waals surface area contributed by atoms with Gasteiger partial charge in [0.1, 0.15) is 12.7 Å². The van der Waals surface area contributed by atoms with Crippen molar-refractivity contribution in [3.8, 4) is 0 Å². The van der Waals surface area contributed by atoms with Crippen LogP contribution in [-0.4, -0.2) is 33.2 Å². The van der Waals surface area contributed by atoms with Crippen molar-refractivity contribution in [2.24, 2.45) is 0 Å². The van der Waals surface area contributed by atoms with Gasteiger partial charge in [0.2, 0.25) is 5.91 Å². The van der Waals surface area contributed by atoms with Crippen LogP contribution in [0.5, 0.6) is 0 Å². The number of hydrogen-bond donors (Lipinski definition) is 3. The van der Waals surface area contributed by atoms with Gasteiger partial charge in [-0.2, -0.15) is 5.10 Å². The standard InChI is InChI=1S/C15H18N6O2/c1-2-8-17-15(23)20-13-5-3-12(4-6-13)19-14(22)7-9-21-11-16-10-18-21/h2-6,10-11H,1,7-9H2,(H,19,22)(H2,17,20,23). The maximum atomic E-state index is 11.8. The van der Waals surface area contributed by atoms with E-state index in [9.17, 15) is 9.59 Å². The Kier molecular flexibility index (Phi) is 5.87. The summed E-state index contributed by atoms with van der Waals surface area (Å²) in [5, 5.41) is 12.0. The Hall–Kier alpha value is -3.16. The zero-order valence-corrected chi connectivity index (χ0v) is 12.5. The molecule has 1 heterocycles. The number of urea groups is 1. The molecule has 3 amide bonds. The molecule has 0 radical (unpaired) electrons. The first-order valence-electron chi connectivity index (χ1n) is 7.05. The van der Waals surface area contributed by atoms with Crippen molar-refractivity contribution in [1.29, 1.82) is 0 Å². The molecular weight excluding hydrogens is 296 g/mol. The fourth-order valence-corrected chi connectivity index (χ4v) is 1.76. The molecule has 0 bridgehead atoms. The molecule has 0 spiro atoms. The molecule has 0 fully saturated rings. The van der Waals surface area contributed by atoms with Gasteiger partial charge < -0.3 is 16.0 Å². The first-order chi connectivity index (χ1) is 11.2. The predicted octanol–water partition coefficient (Wildman–Crippen LogP) is 1.61. The molecule has 120 valence electrons. The summed E-state index contributed by atoms with van der Waals surface area (Å²) in [4.78, 5) is 27.1. The van der Waals surface area contributed by atoms with E-state index >= 15 is 0 Å². The summed E-state index contributed by atoms with van der Waals surface area (Å²) >= 11 is 0. The Bertz CT molecular complexity index is 651. The molecule has 8 nitrogen and oxygen atoms in total. The third-order valence-corrected chi connectivity index (χ3v) is 2.87. The van der Waals surface area contributed by atoms with Gasteiger partial charge in [-0.3, -0.25) is 9.48 Å². The normalized spacial score (nSPS) is 9.91. The van der Waals surface area contributed by atoms with E-state index in [2.05, 4.69) is 32.6 Å². The van der Waals surface area contributed by atoms with Gasteiger partial charge in [-0.25, -0.2) is 9.78 Å². The molecule has 3 N–H and O–H groups in total. The fraction of sp³-hybridized carbons (Fsp3) is 0.200. The van der Waals surface area contributed by atoms with E-state index in [4.69, 9.17) is 0 Å². The number of amides is 3. The Morgan fingerprint density at radius 2 is 1.87 bits per heavy atom. The van der Waals surface area contributed by atoms with Crippen molar-refractivity contribution in [2.75, 3.05) is 17.2 Å². The molecule has 1 aromatic carbocycles. The van der Waals surface area contributed by atoms with E-state index < -0.39 is 0 Å². The number of anilines is 2. The molecule has 0 atom stereocenters. The van der Waals surface area contributed by atoms with Gasteiger partial charge in [0.25, 0.3) is 0 Å². The summed E-state index contributed by atoms with van der Waals surface area (Å²) in [6.45, 7) is 4.38. The second kappa shape index (κ2) is 8.32. The largest absolute Gasteiger partial charge is 0.334 e. The Morgan fingerprint density at radius 1 is 1.17 bits per heavy atom. The second-order valence-corrected chi connectivity index (χ2v) is 4.66. The van der Waals surface area contributed by atoms with E-state index in [0.29, 0.717) is 30.9 Å². The summed E-state index contributed by atoms with van der Waals surface area (Å²) in [6, 6.07) is 6.54. The van der Waals surface area contributed by atoms with Crippen LogP contribution in [0.2, 0.25) is 0 Å². The molecule has 0 aliphatic rings. The highest BCUT2D eigenvalue weighted by Crippen LogP contribution is 2.13. The van der Waals surface area contributed by atoms with E-state index in [1.807, 2.05) is 0 Å². The van der Waals surface area contributed by atoms with Crippen LogP contribution in [-0.2, 0) is 11.3 Å². The van der Waals surface area contributed by atoms with Crippen molar-refractivity contribution >= 4 is 23.3 Å². The minimum absolute atomic E-state index is 0.120. The smallest absolute Gasteiger partial charge is 0.319 e. The lowest BCUT2D eigenvalue weighted by Crippen LogP contribution is -2.28. The van der Waals surface area contributed by atoms with Crippen LogP contribution < -0.4 is 16.0 Å². The zero-order valence-electron chi connectivity index (χ0n) is 12.5. The number of nitrogens with one attached hydrogen (secondary N) is 3. The average Bonchev–Trinajstić information content (AvgIpc) is 3.06. The van der Waals surface area contributed by atoms with Gasteiger partial charge in [-0.1, -0.05) is 6.08 Å². The summed E-state index contributed by atoms with van der Waals surface area (Å²) < 4.78 is 1.59. The number of carbonyl (C=O) groups excluding carboxylic acids is 2. The minimum Gasteiger partial charge on any atom is -0.334 e. The average molecular weight is 314 g/mol. The topological polar surface area (TPSA) is 101 Å².